The molecule has 1 aromatic heterocycles. The van der Waals surface area contributed by atoms with Crippen LogP contribution in [-0.4, -0.2) is 40.7 Å². The van der Waals surface area contributed by atoms with E-state index in [1.807, 2.05) is 0 Å². The summed E-state index contributed by atoms with van der Waals surface area (Å²) in [6, 6.07) is 0.510. The normalized spacial score (nSPS) is 21.3. The van der Waals surface area contributed by atoms with Crippen LogP contribution in [0.4, 0.5) is 0 Å². The monoisotopic (exact) mass is 238 g/mol. The van der Waals surface area contributed by atoms with E-state index >= 15 is 0 Å². The molecule has 0 saturated carbocycles. The highest BCUT2D eigenvalue weighted by Crippen LogP contribution is 2.14. The van der Waals surface area contributed by atoms with Crippen LogP contribution in [0, 0.1) is 5.92 Å². The lowest BCUT2D eigenvalue weighted by Gasteiger charge is -2.31. The quantitative estimate of drug-likeness (QED) is 0.837. The smallest absolute Gasteiger partial charge is 0.213 e. The lowest BCUT2D eigenvalue weighted by molar-refractivity contribution is 0.158. The van der Waals surface area contributed by atoms with E-state index in [1.165, 1.54) is 25.8 Å². The molecule has 1 atom stereocenters. The van der Waals surface area contributed by atoms with Gasteiger partial charge in [0.05, 0.1) is 6.54 Å². The predicted molar refractivity (Wildman–Crippen MR) is 65.4 cm³/mol. The van der Waals surface area contributed by atoms with Crippen molar-refractivity contribution in [3.63, 3.8) is 0 Å². The second-order valence-corrected chi connectivity index (χ2v) is 5.08. The summed E-state index contributed by atoms with van der Waals surface area (Å²) in [6.07, 6.45) is 4.01. The molecule has 1 fully saturated rings. The van der Waals surface area contributed by atoms with E-state index in [1.54, 1.807) is 0 Å². The first-order valence-electron chi connectivity index (χ1n) is 6.45. The average molecular weight is 238 g/mol. The largest absolute Gasteiger partial charge is 0.343 e. The van der Waals surface area contributed by atoms with Crippen molar-refractivity contribution in [1.82, 2.24) is 20.4 Å². The number of nitrogens with one attached hydrogen (secondary N) is 1. The molecular formula is C12H22N4O. The number of hydrogen-bond acceptors (Lipinski definition) is 5. The SMILES string of the molecule is CC(C)N(Cc1ncon1)CC1CCCNC1. The first-order chi connectivity index (χ1) is 8.25. The van der Waals surface area contributed by atoms with E-state index in [2.05, 4.69) is 34.2 Å². The first kappa shape index (κ1) is 12.5. The molecule has 0 aromatic carbocycles. The van der Waals surface area contributed by atoms with Gasteiger partial charge in [0.25, 0.3) is 0 Å². The minimum absolute atomic E-state index is 0.510. The summed E-state index contributed by atoms with van der Waals surface area (Å²) in [5, 5.41) is 7.35. The molecule has 1 N–H and O–H groups in total. The molecule has 0 amide bonds. The second-order valence-electron chi connectivity index (χ2n) is 5.08. The molecule has 0 bridgehead atoms. The zero-order valence-electron chi connectivity index (χ0n) is 10.7. The minimum Gasteiger partial charge on any atom is -0.343 e. The molecule has 1 unspecified atom stereocenters. The number of piperidine rings is 1. The molecule has 0 radical (unpaired) electrons. The van der Waals surface area contributed by atoms with Crippen molar-refractivity contribution in [2.45, 2.75) is 39.3 Å². The topological polar surface area (TPSA) is 54.2 Å². The summed E-state index contributed by atoms with van der Waals surface area (Å²) >= 11 is 0. The zero-order chi connectivity index (χ0) is 12.1. The van der Waals surface area contributed by atoms with Gasteiger partial charge in [-0.1, -0.05) is 5.16 Å². The Labute approximate surface area is 103 Å². The molecule has 1 aliphatic rings. The van der Waals surface area contributed by atoms with Crippen LogP contribution in [0.5, 0.6) is 0 Å². The van der Waals surface area contributed by atoms with Crippen molar-refractivity contribution in [3.05, 3.63) is 12.2 Å². The van der Waals surface area contributed by atoms with Gasteiger partial charge in [0.15, 0.2) is 5.82 Å². The average Bonchev–Trinajstić information content (AvgIpc) is 2.82. The van der Waals surface area contributed by atoms with Crippen molar-refractivity contribution < 1.29 is 4.52 Å². The Hall–Kier alpha value is -0.940. The molecule has 5 heteroatoms. The number of hydrogen-bond donors (Lipinski definition) is 1. The minimum atomic E-state index is 0.510. The summed E-state index contributed by atoms with van der Waals surface area (Å²) in [4.78, 5) is 6.52. The molecule has 2 heterocycles. The van der Waals surface area contributed by atoms with Crippen molar-refractivity contribution in [2.24, 2.45) is 5.92 Å². The standard InChI is InChI=1S/C12H22N4O/c1-10(2)16(8-12-14-9-17-15-12)7-11-4-3-5-13-6-11/h9-11,13H,3-8H2,1-2H3. The number of nitrogens with zero attached hydrogens (tertiary/aromatic N) is 3. The summed E-state index contributed by atoms with van der Waals surface area (Å²) in [5.74, 6) is 1.53. The third-order valence-corrected chi connectivity index (χ3v) is 3.37. The molecule has 1 aromatic rings. The van der Waals surface area contributed by atoms with Crippen LogP contribution in [0.2, 0.25) is 0 Å². The highest BCUT2D eigenvalue weighted by Gasteiger charge is 2.20. The fraction of sp³-hybridized carbons (Fsp3) is 0.833. The molecule has 2 rings (SSSR count). The van der Waals surface area contributed by atoms with Gasteiger partial charge >= 0.3 is 0 Å². The Morgan fingerprint density at radius 2 is 2.47 bits per heavy atom. The van der Waals surface area contributed by atoms with Crippen LogP contribution < -0.4 is 5.32 Å². The molecule has 1 aliphatic heterocycles. The number of aromatic nitrogens is 2. The molecule has 1 saturated heterocycles. The molecule has 96 valence electrons. The van der Waals surface area contributed by atoms with E-state index in [4.69, 9.17) is 4.52 Å². The summed E-state index contributed by atoms with van der Waals surface area (Å²) in [7, 11) is 0. The van der Waals surface area contributed by atoms with Crippen LogP contribution in [0.15, 0.2) is 10.9 Å². The molecule has 0 aliphatic carbocycles. The zero-order valence-corrected chi connectivity index (χ0v) is 10.7. The Bertz CT molecular complexity index is 306. The number of rotatable bonds is 5. The van der Waals surface area contributed by atoms with E-state index < -0.39 is 0 Å². The van der Waals surface area contributed by atoms with Gasteiger partial charge in [0.2, 0.25) is 6.39 Å². The van der Waals surface area contributed by atoms with Gasteiger partial charge in [0, 0.05) is 12.6 Å². The van der Waals surface area contributed by atoms with Crippen molar-refractivity contribution in [3.8, 4) is 0 Å². The molecule has 17 heavy (non-hydrogen) atoms. The van der Waals surface area contributed by atoms with Gasteiger partial charge in [-0.15, -0.1) is 0 Å². The van der Waals surface area contributed by atoms with Crippen LogP contribution in [0.1, 0.15) is 32.5 Å². The fourth-order valence-corrected chi connectivity index (χ4v) is 2.31. The van der Waals surface area contributed by atoms with Gasteiger partial charge in [0.1, 0.15) is 0 Å². The first-order valence-corrected chi connectivity index (χ1v) is 6.45. The van der Waals surface area contributed by atoms with E-state index in [9.17, 15) is 0 Å². The van der Waals surface area contributed by atoms with E-state index in [0.29, 0.717) is 6.04 Å². The van der Waals surface area contributed by atoms with Crippen LogP contribution >= 0.6 is 0 Å². The third kappa shape index (κ3) is 3.78. The van der Waals surface area contributed by atoms with Crippen molar-refractivity contribution in [2.75, 3.05) is 19.6 Å². The highest BCUT2D eigenvalue weighted by atomic mass is 16.5. The van der Waals surface area contributed by atoms with E-state index in [0.717, 1.165) is 31.4 Å². The summed E-state index contributed by atoms with van der Waals surface area (Å²) in [5.41, 5.74) is 0. The van der Waals surface area contributed by atoms with Gasteiger partial charge < -0.3 is 9.84 Å². The molecule has 0 spiro atoms. The van der Waals surface area contributed by atoms with E-state index in [-0.39, 0.29) is 0 Å². The maximum absolute atomic E-state index is 4.78. The van der Waals surface area contributed by atoms with Crippen molar-refractivity contribution in [1.29, 1.82) is 0 Å². The third-order valence-electron chi connectivity index (χ3n) is 3.37. The summed E-state index contributed by atoms with van der Waals surface area (Å²) < 4.78 is 4.78. The second kappa shape index (κ2) is 6.12. The van der Waals surface area contributed by atoms with Gasteiger partial charge in [-0.2, -0.15) is 4.98 Å². The summed E-state index contributed by atoms with van der Waals surface area (Å²) in [6.45, 7) is 8.63. The Kier molecular flexibility index (Phi) is 4.50. The maximum atomic E-state index is 4.78. The maximum Gasteiger partial charge on any atom is 0.213 e. The van der Waals surface area contributed by atoms with Gasteiger partial charge in [-0.3, -0.25) is 4.90 Å². The lowest BCUT2D eigenvalue weighted by atomic mass is 9.98. The van der Waals surface area contributed by atoms with Gasteiger partial charge in [-0.25, -0.2) is 0 Å². The van der Waals surface area contributed by atoms with Crippen LogP contribution in [0.25, 0.3) is 0 Å². The Morgan fingerprint density at radius 3 is 3.06 bits per heavy atom. The van der Waals surface area contributed by atoms with Crippen LogP contribution in [0.3, 0.4) is 0 Å². The fourth-order valence-electron chi connectivity index (χ4n) is 2.31. The van der Waals surface area contributed by atoms with Crippen molar-refractivity contribution >= 4 is 0 Å². The highest BCUT2D eigenvalue weighted by molar-refractivity contribution is 4.82. The predicted octanol–water partition coefficient (Wildman–Crippen LogP) is 1.28. The molecule has 5 nitrogen and oxygen atoms in total. The molecular weight excluding hydrogens is 216 g/mol. The lowest BCUT2D eigenvalue weighted by Crippen LogP contribution is -2.41. The Balaban J connectivity index is 1.87. The van der Waals surface area contributed by atoms with Crippen LogP contribution in [-0.2, 0) is 6.54 Å². The Morgan fingerprint density at radius 1 is 1.59 bits per heavy atom. The van der Waals surface area contributed by atoms with Gasteiger partial charge in [-0.05, 0) is 45.7 Å².